The van der Waals surface area contributed by atoms with Crippen LogP contribution in [0.3, 0.4) is 0 Å². The van der Waals surface area contributed by atoms with Crippen molar-refractivity contribution in [2.45, 2.75) is 0 Å². The summed E-state index contributed by atoms with van der Waals surface area (Å²) in [5, 5.41) is 1.02. The fraction of sp³-hybridized carbons (Fsp3) is 0.0625. The van der Waals surface area contributed by atoms with Gasteiger partial charge in [0.05, 0.1) is 7.11 Å². The molecule has 0 spiro atoms. The summed E-state index contributed by atoms with van der Waals surface area (Å²) in [4.78, 5) is 14.6. The number of hydrogen-bond donors (Lipinski definition) is 1. The van der Waals surface area contributed by atoms with Crippen LogP contribution in [0.2, 0.25) is 0 Å². The summed E-state index contributed by atoms with van der Waals surface area (Å²) in [6.07, 6.45) is 0. The Kier molecular flexibility index (Phi) is 2.80. The van der Waals surface area contributed by atoms with Crippen molar-refractivity contribution in [2.75, 3.05) is 7.11 Å². The zero-order chi connectivity index (χ0) is 13.2. The smallest absolute Gasteiger partial charge is 0.249 e. The predicted molar refractivity (Wildman–Crippen MR) is 76.6 cm³/mol. The van der Waals surface area contributed by atoms with Crippen LogP contribution in [-0.2, 0) is 0 Å². The lowest BCUT2D eigenvalue weighted by Crippen LogP contribution is -2.04. The van der Waals surface area contributed by atoms with Crippen molar-refractivity contribution in [3.8, 4) is 16.9 Å². The highest BCUT2D eigenvalue weighted by Crippen LogP contribution is 2.28. The third-order valence-corrected chi connectivity index (χ3v) is 3.13. The number of rotatable bonds is 2. The van der Waals surface area contributed by atoms with E-state index in [9.17, 15) is 4.79 Å². The van der Waals surface area contributed by atoms with Crippen LogP contribution in [-0.4, -0.2) is 12.1 Å². The van der Waals surface area contributed by atoms with Crippen molar-refractivity contribution in [2.24, 2.45) is 0 Å². The van der Waals surface area contributed by atoms with Gasteiger partial charge in [-0.3, -0.25) is 4.79 Å². The number of benzene rings is 2. The van der Waals surface area contributed by atoms with E-state index >= 15 is 0 Å². The van der Waals surface area contributed by atoms with Gasteiger partial charge in [-0.25, -0.2) is 0 Å². The normalized spacial score (nSPS) is 10.6. The van der Waals surface area contributed by atoms with E-state index in [-0.39, 0.29) is 5.56 Å². The molecular weight excluding hydrogens is 238 g/mol. The highest BCUT2D eigenvalue weighted by atomic mass is 16.5. The Morgan fingerprint density at radius 1 is 1.00 bits per heavy atom. The molecule has 0 saturated carbocycles. The molecule has 0 amide bonds. The maximum atomic E-state index is 11.7. The molecule has 0 atom stereocenters. The average Bonchev–Trinajstić information content (AvgIpc) is 2.46. The Labute approximate surface area is 110 Å². The van der Waals surface area contributed by atoms with E-state index in [1.54, 1.807) is 13.2 Å². The van der Waals surface area contributed by atoms with Gasteiger partial charge in [0.25, 0.3) is 0 Å². The number of hydrogen-bond acceptors (Lipinski definition) is 2. The third kappa shape index (κ3) is 2.10. The van der Waals surface area contributed by atoms with Crippen LogP contribution >= 0.6 is 0 Å². The van der Waals surface area contributed by atoms with E-state index in [1.807, 2.05) is 48.5 Å². The molecule has 0 unspecified atom stereocenters. The van der Waals surface area contributed by atoms with Crippen LogP contribution in [0.15, 0.2) is 59.4 Å². The van der Waals surface area contributed by atoms with E-state index in [1.165, 1.54) is 0 Å². The minimum absolute atomic E-state index is 0.100. The summed E-state index contributed by atoms with van der Waals surface area (Å²) in [6, 6.07) is 17.1. The second kappa shape index (κ2) is 4.61. The van der Waals surface area contributed by atoms with Crippen LogP contribution in [0.5, 0.6) is 5.75 Å². The van der Waals surface area contributed by atoms with Gasteiger partial charge < -0.3 is 9.72 Å². The van der Waals surface area contributed by atoms with E-state index in [0.717, 1.165) is 27.8 Å². The van der Waals surface area contributed by atoms with Crippen molar-refractivity contribution in [3.05, 3.63) is 65.0 Å². The van der Waals surface area contributed by atoms with Gasteiger partial charge in [-0.15, -0.1) is 0 Å². The highest BCUT2D eigenvalue weighted by molar-refractivity contribution is 5.94. The SMILES string of the molecule is COc1cccc(-c2cc(=O)[nH]c3ccccc23)c1. The molecule has 1 aromatic heterocycles. The molecule has 0 aliphatic rings. The molecule has 0 fully saturated rings. The first-order chi connectivity index (χ1) is 9.28. The maximum absolute atomic E-state index is 11.7. The van der Waals surface area contributed by atoms with Crippen molar-refractivity contribution in [1.82, 2.24) is 4.98 Å². The first-order valence-electron chi connectivity index (χ1n) is 6.04. The lowest BCUT2D eigenvalue weighted by atomic mass is 10.0. The van der Waals surface area contributed by atoms with Gasteiger partial charge in [0.15, 0.2) is 0 Å². The third-order valence-electron chi connectivity index (χ3n) is 3.13. The number of nitrogens with one attached hydrogen (secondary N) is 1. The quantitative estimate of drug-likeness (QED) is 0.760. The zero-order valence-corrected chi connectivity index (χ0v) is 10.5. The van der Waals surface area contributed by atoms with Gasteiger partial charge in [-0.2, -0.15) is 0 Å². The van der Waals surface area contributed by atoms with E-state index in [4.69, 9.17) is 4.74 Å². The minimum Gasteiger partial charge on any atom is -0.497 e. The molecule has 1 N–H and O–H groups in total. The van der Waals surface area contributed by atoms with Crippen molar-refractivity contribution in [1.29, 1.82) is 0 Å². The number of ether oxygens (including phenoxy) is 1. The molecule has 0 saturated heterocycles. The van der Waals surface area contributed by atoms with E-state index < -0.39 is 0 Å². The molecule has 0 radical (unpaired) electrons. The van der Waals surface area contributed by atoms with Crippen LogP contribution in [0.25, 0.3) is 22.0 Å². The van der Waals surface area contributed by atoms with Crippen LogP contribution in [0, 0.1) is 0 Å². The van der Waals surface area contributed by atoms with Gasteiger partial charge >= 0.3 is 0 Å². The number of aromatic nitrogens is 1. The molecule has 94 valence electrons. The molecule has 1 heterocycles. The Balaban J connectivity index is 2.32. The minimum atomic E-state index is -0.100. The topological polar surface area (TPSA) is 42.1 Å². The number of aromatic amines is 1. The Morgan fingerprint density at radius 3 is 2.68 bits per heavy atom. The van der Waals surface area contributed by atoms with Crippen molar-refractivity contribution < 1.29 is 4.74 Å². The van der Waals surface area contributed by atoms with Gasteiger partial charge in [-0.1, -0.05) is 30.3 Å². The molecule has 19 heavy (non-hydrogen) atoms. The van der Waals surface area contributed by atoms with Crippen molar-refractivity contribution in [3.63, 3.8) is 0 Å². The van der Waals surface area contributed by atoms with E-state index in [0.29, 0.717) is 0 Å². The fourth-order valence-electron chi connectivity index (χ4n) is 2.23. The molecule has 0 aliphatic heterocycles. The first kappa shape index (κ1) is 11.5. The van der Waals surface area contributed by atoms with Crippen LogP contribution < -0.4 is 10.3 Å². The Hall–Kier alpha value is -2.55. The largest absolute Gasteiger partial charge is 0.497 e. The molecule has 3 heteroatoms. The molecule has 0 aliphatic carbocycles. The molecule has 3 rings (SSSR count). The number of H-pyrrole nitrogens is 1. The number of methoxy groups -OCH3 is 1. The molecule has 3 nitrogen and oxygen atoms in total. The van der Waals surface area contributed by atoms with Gasteiger partial charge in [0, 0.05) is 17.0 Å². The highest BCUT2D eigenvalue weighted by Gasteiger charge is 2.06. The molecule has 0 bridgehead atoms. The van der Waals surface area contributed by atoms with E-state index in [2.05, 4.69) is 4.98 Å². The molecular formula is C16H13NO2. The zero-order valence-electron chi connectivity index (χ0n) is 10.5. The summed E-state index contributed by atoms with van der Waals surface area (Å²) >= 11 is 0. The average molecular weight is 251 g/mol. The number of fused-ring (bicyclic) bond motifs is 1. The number of para-hydroxylation sites is 1. The van der Waals surface area contributed by atoms with Crippen LogP contribution in [0.4, 0.5) is 0 Å². The lowest BCUT2D eigenvalue weighted by Gasteiger charge is -2.08. The second-order valence-electron chi connectivity index (χ2n) is 4.32. The first-order valence-corrected chi connectivity index (χ1v) is 6.04. The predicted octanol–water partition coefficient (Wildman–Crippen LogP) is 3.20. The summed E-state index contributed by atoms with van der Waals surface area (Å²) in [7, 11) is 1.63. The Morgan fingerprint density at radius 2 is 1.84 bits per heavy atom. The van der Waals surface area contributed by atoms with Gasteiger partial charge in [-0.05, 0) is 29.3 Å². The fourth-order valence-corrected chi connectivity index (χ4v) is 2.23. The van der Waals surface area contributed by atoms with Crippen LogP contribution in [0.1, 0.15) is 0 Å². The molecule has 2 aromatic carbocycles. The summed E-state index contributed by atoms with van der Waals surface area (Å²) in [5.74, 6) is 0.780. The summed E-state index contributed by atoms with van der Waals surface area (Å²) < 4.78 is 5.23. The second-order valence-corrected chi connectivity index (χ2v) is 4.32. The summed E-state index contributed by atoms with van der Waals surface area (Å²) in [5.41, 5.74) is 2.63. The maximum Gasteiger partial charge on any atom is 0.249 e. The summed E-state index contributed by atoms with van der Waals surface area (Å²) in [6.45, 7) is 0. The van der Waals surface area contributed by atoms with Gasteiger partial charge in [0.1, 0.15) is 5.75 Å². The lowest BCUT2D eigenvalue weighted by molar-refractivity contribution is 0.415. The Bertz CT molecular complexity index is 790. The standard InChI is InChI=1S/C16H13NO2/c1-19-12-6-4-5-11(9-12)14-10-16(18)17-15-8-3-2-7-13(14)15/h2-10H,1H3,(H,17,18). The van der Waals surface area contributed by atoms with Crippen molar-refractivity contribution >= 4 is 10.9 Å². The molecule has 3 aromatic rings. The number of pyridine rings is 1. The van der Waals surface area contributed by atoms with Gasteiger partial charge in [0.2, 0.25) is 5.56 Å². The monoisotopic (exact) mass is 251 g/mol.